The van der Waals surface area contributed by atoms with Crippen LogP contribution >= 0.6 is 0 Å². The van der Waals surface area contributed by atoms with Gasteiger partial charge in [-0.1, -0.05) is 24.3 Å². The van der Waals surface area contributed by atoms with Crippen LogP contribution in [0.3, 0.4) is 0 Å². The third-order valence-electron chi connectivity index (χ3n) is 3.58. The summed E-state index contributed by atoms with van der Waals surface area (Å²) >= 11 is 0. The van der Waals surface area contributed by atoms with E-state index in [1.54, 1.807) is 0 Å². The van der Waals surface area contributed by atoms with Crippen molar-refractivity contribution in [1.29, 1.82) is 0 Å². The molecule has 2 N–H and O–H groups in total. The van der Waals surface area contributed by atoms with Crippen LogP contribution in [0.15, 0.2) is 24.3 Å². The normalized spacial score (nSPS) is 16.2. The molecule has 96 valence electrons. The van der Waals surface area contributed by atoms with E-state index in [-0.39, 0.29) is 6.42 Å². The average Bonchev–Trinajstić information content (AvgIpc) is 2.27. The topological polar surface area (TPSA) is 74.6 Å². The molecular weight excluding hydrogens is 232 g/mol. The second kappa shape index (κ2) is 4.80. The van der Waals surface area contributed by atoms with Gasteiger partial charge in [0.25, 0.3) is 0 Å². The minimum Gasteiger partial charge on any atom is -0.481 e. The van der Waals surface area contributed by atoms with Crippen molar-refractivity contribution in [3.8, 4) is 0 Å². The first kappa shape index (κ1) is 12.6. The highest BCUT2D eigenvalue weighted by atomic mass is 16.4. The van der Waals surface area contributed by atoms with E-state index >= 15 is 0 Å². The van der Waals surface area contributed by atoms with Crippen LogP contribution in [-0.2, 0) is 22.4 Å². The summed E-state index contributed by atoms with van der Waals surface area (Å²) in [5.41, 5.74) is 1.23. The van der Waals surface area contributed by atoms with Crippen LogP contribution in [-0.4, -0.2) is 22.2 Å². The summed E-state index contributed by atoms with van der Waals surface area (Å²) in [6.45, 7) is 0. The molecule has 4 nitrogen and oxygen atoms in total. The van der Waals surface area contributed by atoms with Crippen molar-refractivity contribution < 1.29 is 19.8 Å². The maximum atomic E-state index is 11.6. The molecule has 1 aromatic carbocycles. The average molecular weight is 248 g/mol. The van der Waals surface area contributed by atoms with E-state index in [2.05, 4.69) is 0 Å². The number of hydrogen-bond acceptors (Lipinski definition) is 2. The lowest BCUT2D eigenvalue weighted by Crippen LogP contribution is -2.38. The van der Waals surface area contributed by atoms with Crippen LogP contribution in [0.4, 0.5) is 0 Å². The molecule has 0 spiro atoms. The van der Waals surface area contributed by atoms with Crippen molar-refractivity contribution in [2.75, 3.05) is 0 Å². The Bertz CT molecular complexity index is 457. The molecule has 4 heteroatoms. The zero-order valence-electron chi connectivity index (χ0n) is 10.1. The van der Waals surface area contributed by atoms with Gasteiger partial charge in [-0.25, -0.2) is 0 Å². The molecule has 2 bridgehead atoms. The molecule has 1 aliphatic carbocycles. The van der Waals surface area contributed by atoms with Crippen LogP contribution in [0.25, 0.3) is 0 Å². The van der Waals surface area contributed by atoms with Crippen LogP contribution in [0, 0.1) is 5.41 Å². The molecule has 0 fully saturated rings. The van der Waals surface area contributed by atoms with Gasteiger partial charge in [0, 0.05) is 6.42 Å². The highest BCUT2D eigenvalue weighted by Gasteiger charge is 2.40. The number of carbonyl (C=O) groups is 2. The van der Waals surface area contributed by atoms with Crippen molar-refractivity contribution in [2.45, 2.75) is 32.1 Å². The van der Waals surface area contributed by atoms with Gasteiger partial charge in [0.15, 0.2) is 0 Å². The van der Waals surface area contributed by atoms with E-state index in [1.807, 2.05) is 24.3 Å². The molecule has 18 heavy (non-hydrogen) atoms. The van der Waals surface area contributed by atoms with E-state index in [1.165, 1.54) is 0 Å². The Morgan fingerprint density at radius 3 is 2.28 bits per heavy atom. The van der Waals surface area contributed by atoms with E-state index in [4.69, 9.17) is 5.11 Å². The number of benzene rings is 1. The number of fused-ring (bicyclic) bond motifs is 2. The predicted octanol–water partition coefficient (Wildman–Crippen LogP) is 2.11. The fourth-order valence-electron chi connectivity index (χ4n) is 2.71. The lowest BCUT2D eigenvalue weighted by molar-refractivity contribution is -0.150. The molecule has 0 atom stereocenters. The standard InChI is InChI=1S/C14H16O4/c15-12(16)5-2-6-14(13(17)18)8-10-3-1-4-11(7-10)9-14/h1,3-4,7H,2,5-6,8-9H2,(H,15,16)(H,17,18). The fraction of sp³-hybridized carbons (Fsp3) is 0.429. The Hall–Kier alpha value is -1.84. The second-order valence-corrected chi connectivity index (χ2v) is 5.01. The summed E-state index contributed by atoms with van der Waals surface area (Å²) in [4.78, 5) is 22.1. The molecule has 0 radical (unpaired) electrons. The highest BCUT2D eigenvalue weighted by Crippen LogP contribution is 2.37. The van der Waals surface area contributed by atoms with Gasteiger partial charge < -0.3 is 10.2 Å². The Morgan fingerprint density at radius 1 is 1.17 bits per heavy atom. The molecule has 1 aromatic rings. The van der Waals surface area contributed by atoms with Gasteiger partial charge in [0.2, 0.25) is 0 Å². The fourth-order valence-corrected chi connectivity index (χ4v) is 2.71. The smallest absolute Gasteiger partial charge is 0.310 e. The van der Waals surface area contributed by atoms with Crippen LogP contribution < -0.4 is 0 Å². The first-order valence-corrected chi connectivity index (χ1v) is 6.05. The number of rotatable bonds is 5. The molecule has 0 saturated carbocycles. The third kappa shape index (κ3) is 2.53. The molecule has 0 unspecified atom stereocenters. The van der Waals surface area contributed by atoms with Crippen molar-refractivity contribution in [3.05, 3.63) is 35.4 Å². The maximum Gasteiger partial charge on any atom is 0.310 e. The number of aliphatic carboxylic acids is 2. The molecule has 0 aliphatic heterocycles. The van der Waals surface area contributed by atoms with Gasteiger partial charge in [0.1, 0.15) is 0 Å². The zero-order chi connectivity index (χ0) is 13.2. The predicted molar refractivity (Wildman–Crippen MR) is 65.4 cm³/mol. The quantitative estimate of drug-likeness (QED) is 0.836. The van der Waals surface area contributed by atoms with Gasteiger partial charge in [0.05, 0.1) is 5.41 Å². The van der Waals surface area contributed by atoms with E-state index in [0.717, 1.165) is 11.1 Å². The zero-order valence-corrected chi connectivity index (χ0v) is 10.1. The van der Waals surface area contributed by atoms with Crippen molar-refractivity contribution in [3.63, 3.8) is 0 Å². The number of hydrogen-bond donors (Lipinski definition) is 2. The Balaban J connectivity index is 2.14. The van der Waals surface area contributed by atoms with Crippen LogP contribution in [0.2, 0.25) is 0 Å². The molecule has 2 rings (SSSR count). The van der Waals surface area contributed by atoms with E-state index in [9.17, 15) is 14.7 Å². The summed E-state index contributed by atoms with van der Waals surface area (Å²) in [6, 6.07) is 7.82. The third-order valence-corrected chi connectivity index (χ3v) is 3.58. The van der Waals surface area contributed by atoms with Gasteiger partial charge in [-0.15, -0.1) is 0 Å². The molecule has 0 amide bonds. The van der Waals surface area contributed by atoms with Crippen LogP contribution in [0.5, 0.6) is 0 Å². The summed E-state index contributed by atoms with van der Waals surface area (Å²) in [5.74, 6) is -1.69. The molecule has 0 saturated heterocycles. The van der Waals surface area contributed by atoms with Crippen molar-refractivity contribution >= 4 is 11.9 Å². The number of carboxylic acid groups (broad SMARTS) is 2. The molecule has 0 heterocycles. The van der Waals surface area contributed by atoms with Gasteiger partial charge >= 0.3 is 11.9 Å². The monoisotopic (exact) mass is 248 g/mol. The minimum atomic E-state index is -0.870. The SMILES string of the molecule is O=C(O)CCCC1(C(=O)O)Cc2cccc(c2)C1. The Kier molecular flexibility index (Phi) is 3.36. The largest absolute Gasteiger partial charge is 0.481 e. The summed E-state index contributed by atoms with van der Waals surface area (Å²) in [5, 5.41) is 18.1. The van der Waals surface area contributed by atoms with Gasteiger partial charge in [-0.05, 0) is 36.8 Å². The Morgan fingerprint density at radius 2 is 1.78 bits per heavy atom. The van der Waals surface area contributed by atoms with E-state index < -0.39 is 17.4 Å². The minimum absolute atomic E-state index is 0.0307. The molecular formula is C14H16O4. The lowest BCUT2D eigenvalue weighted by atomic mass is 9.70. The molecule has 1 aliphatic rings. The molecule has 0 aromatic heterocycles. The maximum absolute atomic E-state index is 11.6. The second-order valence-electron chi connectivity index (χ2n) is 5.01. The summed E-state index contributed by atoms with van der Waals surface area (Å²) < 4.78 is 0. The Labute approximate surface area is 105 Å². The van der Waals surface area contributed by atoms with E-state index in [0.29, 0.717) is 25.7 Å². The lowest BCUT2D eigenvalue weighted by Gasteiger charge is -2.33. The summed E-state index contributed by atoms with van der Waals surface area (Å²) in [6.07, 6.45) is 1.84. The first-order chi connectivity index (χ1) is 8.52. The first-order valence-electron chi connectivity index (χ1n) is 6.05. The van der Waals surface area contributed by atoms with Crippen molar-refractivity contribution in [2.24, 2.45) is 5.41 Å². The van der Waals surface area contributed by atoms with Gasteiger partial charge in [-0.2, -0.15) is 0 Å². The summed E-state index contributed by atoms with van der Waals surface area (Å²) in [7, 11) is 0. The van der Waals surface area contributed by atoms with Gasteiger partial charge in [-0.3, -0.25) is 9.59 Å². The van der Waals surface area contributed by atoms with Crippen molar-refractivity contribution in [1.82, 2.24) is 0 Å². The number of carboxylic acids is 2. The highest BCUT2D eigenvalue weighted by molar-refractivity contribution is 5.76. The van der Waals surface area contributed by atoms with Crippen LogP contribution in [0.1, 0.15) is 30.4 Å².